The Bertz CT molecular complexity index is 890. The van der Waals surface area contributed by atoms with Gasteiger partial charge in [-0.05, 0) is 31.2 Å². The number of aryl methyl sites for hydroxylation is 1. The standard InChI is InChI=1S/C19H16BrN3O2/c1-12-2-4-13(5-3-12)19(24)17-9-14-8-15(20)6-7-18(14)25-11-16-10-21-22-23(16)17/h2-9,16H,10-11H2,1H3/b17-9-. The molecule has 0 saturated heterocycles. The Morgan fingerprint density at radius 2 is 2.04 bits per heavy atom. The molecular weight excluding hydrogens is 382 g/mol. The zero-order valence-corrected chi connectivity index (χ0v) is 15.2. The molecule has 5 nitrogen and oxygen atoms in total. The number of allylic oxidation sites excluding steroid dienone is 1. The van der Waals surface area contributed by atoms with Gasteiger partial charge in [-0.25, -0.2) is 5.01 Å². The molecule has 0 aromatic heterocycles. The second-order valence-electron chi connectivity index (χ2n) is 6.13. The summed E-state index contributed by atoms with van der Waals surface area (Å²) < 4.78 is 6.83. The molecule has 2 aliphatic rings. The van der Waals surface area contributed by atoms with Crippen LogP contribution in [0.5, 0.6) is 5.75 Å². The van der Waals surface area contributed by atoms with Gasteiger partial charge in [-0.3, -0.25) is 4.79 Å². The van der Waals surface area contributed by atoms with Gasteiger partial charge in [-0.15, -0.1) is 0 Å². The lowest BCUT2D eigenvalue weighted by molar-refractivity contribution is 0.0968. The zero-order chi connectivity index (χ0) is 17.4. The van der Waals surface area contributed by atoms with Crippen LogP contribution in [0.25, 0.3) is 6.08 Å². The summed E-state index contributed by atoms with van der Waals surface area (Å²) in [5, 5.41) is 9.96. The zero-order valence-electron chi connectivity index (χ0n) is 13.6. The molecule has 0 aliphatic carbocycles. The van der Waals surface area contributed by atoms with E-state index in [2.05, 4.69) is 26.3 Å². The number of benzene rings is 2. The molecule has 2 aromatic rings. The number of carbonyl (C=O) groups excluding carboxylic acids is 1. The molecule has 126 valence electrons. The predicted octanol–water partition coefficient (Wildman–Crippen LogP) is 4.43. The van der Waals surface area contributed by atoms with Crippen LogP contribution in [0, 0.1) is 6.92 Å². The lowest BCUT2D eigenvalue weighted by Gasteiger charge is -2.26. The van der Waals surface area contributed by atoms with Crippen LogP contribution in [0.4, 0.5) is 0 Å². The Labute approximate surface area is 154 Å². The molecular formula is C19H16BrN3O2. The van der Waals surface area contributed by atoms with Gasteiger partial charge >= 0.3 is 0 Å². The van der Waals surface area contributed by atoms with E-state index in [1.165, 1.54) is 0 Å². The van der Waals surface area contributed by atoms with E-state index >= 15 is 0 Å². The Morgan fingerprint density at radius 3 is 2.84 bits per heavy atom. The van der Waals surface area contributed by atoms with Crippen molar-refractivity contribution in [3.8, 4) is 5.75 Å². The van der Waals surface area contributed by atoms with E-state index in [0.29, 0.717) is 24.4 Å². The number of fused-ring (bicyclic) bond motifs is 2. The molecule has 0 N–H and O–H groups in total. The monoisotopic (exact) mass is 397 g/mol. The Morgan fingerprint density at radius 1 is 1.24 bits per heavy atom. The van der Waals surface area contributed by atoms with Crippen LogP contribution in [0.2, 0.25) is 0 Å². The fourth-order valence-electron chi connectivity index (χ4n) is 2.90. The number of rotatable bonds is 2. The molecule has 4 rings (SSSR count). The Hall–Kier alpha value is -2.47. The summed E-state index contributed by atoms with van der Waals surface area (Å²) in [7, 11) is 0. The fraction of sp³-hybridized carbons (Fsp3) is 0.211. The van der Waals surface area contributed by atoms with Gasteiger partial charge in [-0.2, -0.15) is 5.11 Å². The van der Waals surface area contributed by atoms with Gasteiger partial charge in [0.05, 0.1) is 6.54 Å². The van der Waals surface area contributed by atoms with Crippen molar-refractivity contribution in [3.63, 3.8) is 0 Å². The van der Waals surface area contributed by atoms with Crippen LogP contribution in [-0.2, 0) is 0 Å². The highest BCUT2D eigenvalue weighted by Gasteiger charge is 2.32. The first-order chi connectivity index (χ1) is 12.1. The maximum Gasteiger partial charge on any atom is 0.211 e. The molecule has 0 radical (unpaired) electrons. The number of ether oxygens (including phenoxy) is 1. The topological polar surface area (TPSA) is 54.3 Å². The van der Waals surface area contributed by atoms with E-state index in [0.717, 1.165) is 21.3 Å². The van der Waals surface area contributed by atoms with Crippen molar-refractivity contribution < 1.29 is 9.53 Å². The third-order valence-corrected chi connectivity index (χ3v) is 4.78. The molecule has 2 aromatic carbocycles. The lowest BCUT2D eigenvalue weighted by atomic mass is 10.0. The van der Waals surface area contributed by atoms with Gasteiger partial charge in [0.25, 0.3) is 0 Å². The van der Waals surface area contributed by atoms with Crippen molar-refractivity contribution in [2.24, 2.45) is 10.3 Å². The molecule has 1 atom stereocenters. The van der Waals surface area contributed by atoms with Crippen LogP contribution in [-0.4, -0.2) is 30.0 Å². The average molecular weight is 398 g/mol. The van der Waals surface area contributed by atoms with Gasteiger partial charge in [0.2, 0.25) is 5.78 Å². The first-order valence-electron chi connectivity index (χ1n) is 8.04. The summed E-state index contributed by atoms with van der Waals surface area (Å²) in [4.78, 5) is 13.1. The van der Waals surface area contributed by atoms with Gasteiger partial charge in [0.15, 0.2) is 0 Å². The highest BCUT2D eigenvalue weighted by molar-refractivity contribution is 9.10. The summed E-state index contributed by atoms with van der Waals surface area (Å²) in [5.41, 5.74) is 3.10. The molecule has 0 amide bonds. The van der Waals surface area contributed by atoms with Crippen molar-refractivity contribution in [1.82, 2.24) is 5.01 Å². The molecule has 25 heavy (non-hydrogen) atoms. The van der Waals surface area contributed by atoms with Gasteiger partial charge in [0, 0.05) is 15.6 Å². The number of nitrogens with zero attached hydrogens (tertiary/aromatic N) is 3. The Balaban J connectivity index is 1.83. The maximum atomic E-state index is 13.1. The fourth-order valence-corrected chi connectivity index (χ4v) is 3.28. The van der Waals surface area contributed by atoms with E-state index < -0.39 is 0 Å². The van der Waals surface area contributed by atoms with Crippen molar-refractivity contribution in [2.75, 3.05) is 13.2 Å². The van der Waals surface area contributed by atoms with Crippen molar-refractivity contribution in [2.45, 2.75) is 13.0 Å². The molecule has 1 unspecified atom stereocenters. The molecule has 0 spiro atoms. The highest BCUT2D eigenvalue weighted by Crippen LogP contribution is 2.32. The average Bonchev–Trinajstić information content (AvgIpc) is 3.05. The largest absolute Gasteiger partial charge is 0.491 e. The van der Waals surface area contributed by atoms with Crippen LogP contribution in [0.1, 0.15) is 21.5 Å². The lowest BCUT2D eigenvalue weighted by Crippen LogP contribution is -2.37. The van der Waals surface area contributed by atoms with E-state index in [-0.39, 0.29) is 11.8 Å². The second-order valence-corrected chi connectivity index (χ2v) is 7.05. The molecule has 6 heteroatoms. The summed E-state index contributed by atoms with van der Waals surface area (Å²) in [6.45, 7) is 2.95. The van der Waals surface area contributed by atoms with E-state index in [4.69, 9.17) is 4.74 Å². The first-order valence-corrected chi connectivity index (χ1v) is 8.83. The molecule has 2 heterocycles. The molecule has 0 saturated carbocycles. The predicted molar refractivity (Wildman–Crippen MR) is 98.5 cm³/mol. The van der Waals surface area contributed by atoms with Gasteiger partial charge in [0.1, 0.15) is 24.1 Å². The quantitative estimate of drug-likeness (QED) is 0.704. The number of Topliss-reactive ketones (excluding diaryl/α,β-unsaturated/α-hetero) is 1. The van der Waals surface area contributed by atoms with Crippen molar-refractivity contribution in [3.05, 3.63) is 69.3 Å². The minimum atomic E-state index is -0.0718. The summed E-state index contributed by atoms with van der Waals surface area (Å²) in [5.74, 6) is 0.683. The molecule has 2 aliphatic heterocycles. The van der Waals surface area contributed by atoms with Crippen molar-refractivity contribution in [1.29, 1.82) is 0 Å². The van der Waals surface area contributed by atoms with Crippen LogP contribution >= 0.6 is 15.9 Å². The van der Waals surface area contributed by atoms with Crippen molar-refractivity contribution >= 4 is 27.8 Å². The maximum absolute atomic E-state index is 13.1. The minimum absolute atomic E-state index is 0.0707. The first kappa shape index (κ1) is 16.0. The Kier molecular flexibility index (Phi) is 4.13. The van der Waals surface area contributed by atoms with E-state index in [1.54, 1.807) is 5.01 Å². The third kappa shape index (κ3) is 3.09. The van der Waals surface area contributed by atoms with Crippen LogP contribution in [0.15, 0.2) is 63.0 Å². The number of ketones is 1. The normalized spacial score (nSPS) is 20.6. The highest BCUT2D eigenvalue weighted by atomic mass is 79.9. The summed E-state index contributed by atoms with van der Waals surface area (Å²) >= 11 is 3.48. The number of halogens is 1. The molecule has 0 fully saturated rings. The summed E-state index contributed by atoms with van der Waals surface area (Å²) in [6, 6.07) is 13.3. The minimum Gasteiger partial charge on any atom is -0.491 e. The number of hydrogen-bond donors (Lipinski definition) is 0. The van der Waals surface area contributed by atoms with Crippen LogP contribution in [0.3, 0.4) is 0 Å². The third-order valence-electron chi connectivity index (χ3n) is 4.29. The second kappa shape index (κ2) is 6.44. The number of carbonyl (C=O) groups is 1. The molecule has 0 bridgehead atoms. The van der Waals surface area contributed by atoms with E-state index in [1.807, 2.05) is 55.5 Å². The number of hydrogen-bond acceptors (Lipinski definition) is 5. The summed E-state index contributed by atoms with van der Waals surface area (Å²) in [6.07, 6.45) is 1.83. The van der Waals surface area contributed by atoms with Crippen LogP contribution < -0.4 is 4.74 Å². The van der Waals surface area contributed by atoms with Gasteiger partial charge in [-0.1, -0.05) is 51.0 Å². The smallest absolute Gasteiger partial charge is 0.211 e. The van der Waals surface area contributed by atoms with E-state index in [9.17, 15) is 4.79 Å². The SMILES string of the molecule is Cc1ccc(C(=O)/C2=C/c3cc(Br)ccc3OCC3CN=NN23)cc1. The van der Waals surface area contributed by atoms with Gasteiger partial charge < -0.3 is 4.74 Å².